The highest BCUT2D eigenvalue weighted by molar-refractivity contribution is 7.89. The van der Waals surface area contributed by atoms with Gasteiger partial charge in [-0.2, -0.15) is 4.31 Å². The van der Waals surface area contributed by atoms with E-state index in [1.807, 2.05) is 26.0 Å². The quantitative estimate of drug-likeness (QED) is 0.756. The SMILES string of the molecule is CCOc1ccc(Cl)cc1S(=O)(=O)N(C)CC(=O)Nc1cccc(C)c1C. The lowest BCUT2D eigenvalue weighted by Gasteiger charge is -2.19. The zero-order valence-corrected chi connectivity index (χ0v) is 17.3. The predicted molar refractivity (Wildman–Crippen MR) is 107 cm³/mol. The molecule has 0 radical (unpaired) electrons. The second kappa shape index (κ2) is 8.73. The summed E-state index contributed by atoms with van der Waals surface area (Å²) in [5, 5.41) is 3.02. The van der Waals surface area contributed by atoms with E-state index < -0.39 is 15.9 Å². The molecule has 1 N–H and O–H groups in total. The normalized spacial score (nSPS) is 11.5. The third-order valence-electron chi connectivity index (χ3n) is 4.14. The smallest absolute Gasteiger partial charge is 0.247 e. The van der Waals surface area contributed by atoms with Crippen molar-refractivity contribution < 1.29 is 17.9 Å². The molecule has 0 atom stereocenters. The second-order valence-corrected chi connectivity index (χ2v) is 8.53. The number of sulfonamides is 1. The number of halogens is 1. The van der Waals surface area contributed by atoms with Crippen LogP contribution in [0.3, 0.4) is 0 Å². The van der Waals surface area contributed by atoms with Crippen molar-refractivity contribution in [1.82, 2.24) is 4.31 Å². The lowest BCUT2D eigenvalue weighted by Crippen LogP contribution is -2.35. The third-order valence-corrected chi connectivity index (χ3v) is 6.20. The minimum Gasteiger partial charge on any atom is -0.492 e. The lowest BCUT2D eigenvalue weighted by molar-refractivity contribution is -0.116. The molecule has 0 heterocycles. The summed E-state index contributed by atoms with van der Waals surface area (Å²) in [5.74, 6) is -0.238. The number of likely N-dealkylation sites (N-methyl/N-ethyl adjacent to an activating group) is 1. The van der Waals surface area contributed by atoms with E-state index in [0.29, 0.717) is 12.3 Å². The van der Waals surface area contributed by atoms with Crippen molar-refractivity contribution in [2.75, 3.05) is 25.5 Å². The van der Waals surface area contributed by atoms with Gasteiger partial charge in [-0.15, -0.1) is 0 Å². The Hall–Kier alpha value is -2.09. The van der Waals surface area contributed by atoms with E-state index in [2.05, 4.69) is 5.32 Å². The molecule has 0 unspecified atom stereocenters. The number of anilines is 1. The molecule has 0 aromatic heterocycles. The van der Waals surface area contributed by atoms with Gasteiger partial charge in [-0.05, 0) is 56.2 Å². The summed E-state index contributed by atoms with van der Waals surface area (Å²) in [6.45, 7) is 5.56. The number of rotatable bonds is 7. The molecule has 146 valence electrons. The largest absolute Gasteiger partial charge is 0.492 e. The highest BCUT2D eigenvalue weighted by Gasteiger charge is 2.27. The molecule has 0 fully saturated rings. The maximum atomic E-state index is 12.9. The van der Waals surface area contributed by atoms with Crippen LogP contribution in [0.1, 0.15) is 18.1 Å². The van der Waals surface area contributed by atoms with Crippen LogP contribution in [0, 0.1) is 13.8 Å². The molecule has 2 aromatic rings. The number of hydrogen-bond acceptors (Lipinski definition) is 4. The zero-order valence-electron chi connectivity index (χ0n) is 15.7. The maximum Gasteiger partial charge on any atom is 0.247 e. The zero-order chi connectivity index (χ0) is 20.2. The van der Waals surface area contributed by atoms with Gasteiger partial charge in [0, 0.05) is 17.8 Å². The molecule has 27 heavy (non-hydrogen) atoms. The Bertz CT molecular complexity index is 945. The molecule has 6 nitrogen and oxygen atoms in total. The molecule has 8 heteroatoms. The molecule has 1 amide bonds. The Morgan fingerprint density at radius 3 is 2.59 bits per heavy atom. The molecule has 0 spiro atoms. The van der Waals surface area contributed by atoms with Gasteiger partial charge < -0.3 is 10.1 Å². The van der Waals surface area contributed by atoms with Gasteiger partial charge in [-0.25, -0.2) is 8.42 Å². The predicted octanol–water partition coefficient (Wildman–Crippen LogP) is 3.61. The number of carbonyl (C=O) groups excluding carboxylic acids is 1. The van der Waals surface area contributed by atoms with Crippen molar-refractivity contribution in [3.05, 3.63) is 52.5 Å². The minimum atomic E-state index is -3.96. The van der Waals surface area contributed by atoms with Crippen LogP contribution in [0.25, 0.3) is 0 Å². The Morgan fingerprint density at radius 1 is 1.22 bits per heavy atom. The Morgan fingerprint density at radius 2 is 1.93 bits per heavy atom. The first kappa shape index (κ1) is 21.2. The van der Waals surface area contributed by atoms with E-state index in [-0.39, 0.29) is 22.2 Å². The number of nitrogens with zero attached hydrogens (tertiary/aromatic N) is 1. The van der Waals surface area contributed by atoms with Gasteiger partial charge in [0.05, 0.1) is 13.2 Å². The molecule has 2 aromatic carbocycles. The Balaban J connectivity index is 2.21. The van der Waals surface area contributed by atoms with Crippen molar-refractivity contribution in [1.29, 1.82) is 0 Å². The summed E-state index contributed by atoms with van der Waals surface area (Å²) in [6.07, 6.45) is 0. The molecule has 0 aliphatic carbocycles. The van der Waals surface area contributed by atoms with E-state index in [1.54, 1.807) is 19.1 Å². The average Bonchev–Trinajstić information content (AvgIpc) is 2.60. The van der Waals surface area contributed by atoms with Gasteiger partial charge >= 0.3 is 0 Å². The van der Waals surface area contributed by atoms with Crippen molar-refractivity contribution in [3.63, 3.8) is 0 Å². The first-order valence-corrected chi connectivity index (χ1v) is 10.2. The summed E-state index contributed by atoms with van der Waals surface area (Å²) in [4.78, 5) is 12.3. The molecular weight excluding hydrogens is 388 g/mol. The van der Waals surface area contributed by atoms with Crippen LogP contribution in [0.4, 0.5) is 5.69 Å². The maximum absolute atomic E-state index is 12.9. The van der Waals surface area contributed by atoms with Crippen LogP contribution >= 0.6 is 11.6 Å². The minimum absolute atomic E-state index is 0.0705. The highest BCUT2D eigenvalue weighted by atomic mass is 35.5. The number of hydrogen-bond donors (Lipinski definition) is 1. The fraction of sp³-hybridized carbons (Fsp3) is 0.316. The van der Waals surface area contributed by atoms with Gasteiger partial charge in [0.2, 0.25) is 15.9 Å². The van der Waals surface area contributed by atoms with E-state index in [9.17, 15) is 13.2 Å². The second-order valence-electron chi connectivity index (χ2n) is 6.08. The fourth-order valence-electron chi connectivity index (χ4n) is 2.49. The molecule has 2 rings (SSSR count). The number of aryl methyl sites for hydroxylation is 1. The summed E-state index contributed by atoms with van der Waals surface area (Å²) >= 11 is 5.96. The molecular formula is C19H23ClN2O4S. The lowest BCUT2D eigenvalue weighted by atomic mass is 10.1. The van der Waals surface area contributed by atoms with Gasteiger partial charge in [-0.1, -0.05) is 23.7 Å². The summed E-state index contributed by atoms with van der Waals surface area (Å²) in [6, 6.07) is 9.93. The Kier molecular flexibility index (Phi) is 6.86. The Labute approximate surface area is 165 Å². The van der Waals surface area contributed by atoms with Crippen LogP contribution < -0.4 is 10.1 Å². The van der Waals surface area contributed by atoms with Crippen LogP contribution in [0.5, 0.6) is 5.75 Å². The standard InChI is InChI=1S/C19H23ClN2O4S/c1-5-26-17-10-9-15(20)11-18(17)27(24,25)22(4)12-19(23)21-16-8-6-7-13(2)14(16)3/h6-11H,5,12H2,1-4H3,(H,21,23). The summed E-state index contributed by atoms with van der Waals surface area (Å²) in [7, 11) is -2.62. The number of carbonyl (C=O) groups is 1. The van der Waals surface area contributed by atoms with Crippen molar-refractivity contribution >= 4 is 33.2 Å². The van der Waals surface area contributed by atoms with Gasteiger partial charge in [-0.3, -0.25) is 4.79 Å². The molecule has 0 saturated carbocycles. The number of ether oxygens (including phenoxy) is 1. The molecule has 0 bridgehead atoms. The molecule has 0 aliphatic rings. The summed E-state index contributed by atoms with van der Waals surface area (Å²) in [5.41, 5.74) is 2.63. The van der Waals surface area contributed by atoms with E-state index in [0.717, 1.165) is 15.4 Å². The van der Waals surface area contributed by atoms with Crippen LogP contribution in [-0.4, -0.2) is 38.8 Å². The summed E-state index contributed by atoms with van der Waals surface area (Å²) < 4.78 is 32.2. The van der Waals surface area contributed by atoms with Crippen LogP contribution in [-0.2, 0) is 14.8 Å². The van der Waals surface area contributed by atoms with Gasteiger partial charge in [0.1, 0.15) is 10.6 Å². The monoisotopic (exact) mass is 410 g/mol. The van der Waals surface area contributed by atoms with Gasteiger partial charge in [0.15, 0.2) is 0 Å². The fourth-order valence-corrected chi connectivity index (χ4v) is 4.01. The molecule has 0 saturated heterocycles. The van der Waals surface area contributed by atoms with Crippen LogP contribution in [0.2, 0.25) is 5.02 Å². The average molecular weight is 411 g/mol. The number of amides is 1. The topological polar surface area (TPSA) is 75.7 Å². The first-order chi connectivity index (χ1) is 12.7. The van der Waals surface area contributed by atoms with Crippen LogP contribution in [0.15, 0.2) is 41.3 Å². The van der Waals surface area contributed by atoms with Crippen molar-refractivity contribution in [2.24, 2.45) is 0 Å². The highest BCUT2D eigenvalue weighted by Crippen LogP contribution is 2.29. The van der Waals surface area contributed by atoms with E-state index in [1.165, 1.54) is 19.2 Å². The number of benzene rings is 2. The van der Waals surface area contributed by atoms with E-state index in [4.69, 9.17) is 16.3 Å². The van der Waals surface area contributed by atoms with Crippen molar-refractivity contribution in [3.8, 4) is 5.75 Å². The van der Waals surface area contributed by atoms with Gasteiger partial charge in [0.25, 0.3) is 0 Å². The third kappa shape index (κ3) is 5.00. The van der Waals surface area contributed by atoms with Crippen molar-refractivity contribution in [2.45, 2.75) is 25.7 Å². The number of nitrogens with one attached hydrogen (secondary N) is 1. The molecule has 0 aliphatic heterocycles. The first-order valence-electron chi connectivity index (χ1n) is 8.41. The van der Waals surface area contributed by atoms with E-state index >= 15 is 0 Å².